The van der Waals surface area contributed by atoms with Crippen LogP contribution in [0.3, 0.4) is 0 Å². The quantitative estimate of drug-likeness (QED) is 0.847. The summed E-state index contributed by atoms with van der Waals surface area (Å²) in [5, 5.41) is 12.9. The van der Waals surface area contributed by atoms with Crippen LogP contribution >= 0.6 is 0 Å². The Labute approximate surface area is 118 Å². The first kappa shape index (κ1) is 14.8. The summed E-state index contributed by atoms with van der Waals surface area (Å²) in [7, 11) is 0. The Balaban J connectivity index is 1.91. The lowest BCUT2D eigenvalue weighted by Crippen LogP contribution is -2.44. The van der Waals surface area contributed by atoms with Crippen LogP contribution in [0, 0.1) is 17.2 Å². The molecule has 1 saturated carbocycles. The number of hydrogen-bond donors (Lipinski definition) is 1. The minimum Gasteiger partial charge on any atom is -0.300 e. The fourth-order valence-corrected chi connectivity index (χ4v) is 3.93. The van der Waals surface area contributed by atoms with Crippen molar-refractivity contribution in [2.24, 2.45) is 5.92 Å². The molecular formula is C16H29N3. The predicted molar refractivity (Wildman–Crippen MR) is 78.9 cm³/mol. The molecule has 19 heavy (non-hydrogen) atoms. The molecule has 1 aliphatic heterocycles. The van der Waals surface area contributed by atoms with Crippen LogP contribution in [-0.4, -0.2) is 36.1 Å². The van der Waals surface area contributed by atoms with E-state index in [1.54, 1.807) is 0 Å². The largest absolute Gasteiger partial charge is 0.300 e. The van der Waals surface area contributed by atoms with Crippen LogP contribution < -0.4 is 5.32 Å². The fourth-order valence-electron chi connectivity index (χ4n) is 3.93. The second kappa shape index (κ2) is 6.72. The van der Waals surface area contributed by atoms with Crippen molar-refractivity contribution < 1.29 is 0 Å². The summed E-state index contributed by atoms with van der Waals surface area (Å²) < 4.78 is 0. The molecule has 0 bridgehead atoms. The van der Waals surface area contributed by atoms with Gasteiger partial charge in [0.05, 0.1) is 6.07 Å². The Kier molecular flexibility index (Phi) is 5.24. The third kappa shape index (κ3) is 3.49. The predicted octanol–water partition coefficient (Wildman–Crippen LogP) is 2.92. The standard InChI is InChI=1S/C16H29N3/c1-3-14-6-5-10-19(11-8-14)15-7-9-16(12-15,13-17)18-4-2/h14-15,18H,3-12H2,1-2H3. The zero-order chi connectivity index (χ0) is 13.7. The molecule has 0 aromatic carbocycles. The maximum atomic E-state index is 9.47. The molecule has 3 nitrogen and oxygen atoms in total. The second-order valence-corrected chi connectivity index (χ2v) is 6.36. The number of hydrogen-bond acceptors (Lipinski definition) is 3. The monoisotopic (exact) mass is 263 g/mol. The lowest BCUT2D eigenvalue weighted by molar-refractivity contribution is 0.197. The minimum atomic E-state index is -0.240. The van der Waals surface area contributed by atoms with Crippen LogP contribution in [-0.2, 0) is 0 Å². The SMILES string of the molecule is CCNC1(C#N)CCC(N2CCCC(CC)CC2)C1. The smallest absolute Gasteiger partial charge is 0.108 e. The van der Waals surface area contributed by atoms with Crippen LogP contribution in [0.5, 0.6) is 0 Å². The lowest BCUT2D eigenvalue weighted by atomic mass is 9.98. The van der Waals surface area contributed by atoms with Crippen LogP contribution in [0.25, 0.3) is 0 Å². The van der Waals surface area contributed by atoms with E-state index >= 15 is 0 Å². The molecule has 1 heterocycles. The van der Waals surface area contributed by atoms with E-state index in [0.29, 0.717) is 6.04 Å². The van der Waals surface area contributed by atoms with E-state index in [9.17, 15) is 5.26 Å². The molecule has 2 fully saturated rings. The highest BCUT2D eigenvalue weighted by atomic mass is 15.2. The highest BCUT2D eigenvalue weighted by Gasteiger charge is 2.41. The molecule has 1 N–H and O–H groups in total. The molecule has 0 spiro atoms. The summed E-state index contributed by atoms with van der Waals surface area (Å²) in [4.78, 5) is 2.67. The van der Waals surface area contributed by atoms with Gasteiger partial charge in [-0.25, -0.2) is 0 Å². The van der Waals surface area contributed by atoms with Gasteiger partial charge in [-0.1, -0.05) is 20.3 Å². The summed E-state index contributed by atoms with van der Waals surface area (Å²) in [5.74, 6) is 0.931. The van der Waals surface area contributed by atoms with Crippen LogP contribution in [0.4, 0.5) is 0 Å². The summed E-state index contributed by atoms with van der Waals surface area (Å²) in [6.45, 7) is 7.82. The Morgan fingerprint density at radius 1 is 1.26 bits per heavy atom. The normalized spacial score (nSPS) is 36.9. The first-order valence-corrected chi connectivity index (χ1v) is 8.13. The van der Waals surface area contributed by atoms with Crippen LogP contribution in [0.1, 0.15) is 58.8 Å². The molecule has 3 unspecified atom stereocenters. The average Bonchev–Trinajstić information content (AvgIpc) is 2.71. The van der Waals surface area contributed by atoms with Crippen molar-refractivity contribution in [2.45, 2.75) is 70.4 Å². The van der Waals surface area contributed by atoms with E-state index in [1.807, 2.05) is 0 Å². The number of rotatable bonds is 4. The molecule has 0 aromatic rings. The van der Waals surface area contributed by atoms with E-state index in [-0.39, 0.29) is 5.54 Å². The first-order valence-electron chi connectivity index (χ1n) is 8.13. The summed E-state index contributed by atoms with van der Waals surface area (Å²) in [6, 6.07) is 3.18. The van der Waals surface area contributed by atoms with E-state index in [2.05, 4.69) is 30.1 Å². The van der Waals surface area contributed by atoms with Crippen molar-refractivity contribution in [3.63, 3.8) is 0 Å². The van der Waals surface area contributed by atoms with E-state index in [1.165, 1.54) is 45.2 Å². The van der Waals surface area contributed by atoms with Crippen LogP contribution in [0.15, 0.2) is 0 Å². The van der Waals surface area contributed by atoms with Crippen molar-refractivity contribution in [2.75, 3.05) is 19.6 Å². The molecule has 3 heteroatoms. The van der Waals surface area contributed by atoms with Gasteiger partial charge in [-0.2, -0.15) is 5.26 Å². The van der Waals surface area contributed by atoms with E-state index < -0.39 is 0 Å². The van der Waals surface area contributed by atoms with Gasteiger partial charge >= 0.3 is 0 Å². The Morgan fingerprint density at radius 2 is 2.11 bits per heavy atom. The van der Waals surface area contributed by atoms with Gasteiger partial charge in [-0.3, -0.25) is 5.32 Å². The second-order valence-electron chi connectivity index (χ2n) is 6.36. The maximum Gasteiger partial charge on any atom is 0.108 e. The molecule has 2 aliphatic rings. The Hall–Kier alpha value is -0.590. The third-order valence-electron chi connectivity index (χ3n) is 5.19. The van der Waals surface area contributed by atoms with Crippen molar-refractivity contribution in [3.05, 3.63) is 0 Å². The van der Waals surface area contributed by atoms with Gasteiger partial charge in [0.1, 0.15) is 5.54 Å². The molecule has 0 amide bonds. The maximum absolute atomic E-state index is 9.47. The first-order chi connectivity index (χ1) is 9.23. The number of nitriles is 1. The van der Waals surface area contributed by atoms with Gasteiger partial charge in [0, 0.05) is 6.04 Å². The van der Waals surface area contributed by atoms with Gasteiger partial charge in [-0.05, 0) is 64.1 Å². The Bertz CT molecular complexity index is 322. The zero-order valence-corrected chi connectivity index (χ0v) is 12.6. The number of nitrogens with one attached hydrogen (secondary N) is 1. The van der Waals surface area contributed by atoms with Gasteiger partial charge in [-0.15, -0.1) is 0 Å². The zero-order valence-electron chi connectivity index (χ0n) is 12.6. The van der Waals surface area contributed by atoms with Crippen LogP contribution in [0.2, 0.25) is 0 Å². The molecular weight excluding hydrogens is 234 g/mol. The molecule has 0 aromatic heterocycles. The van der Waals surface area contributed by atoms with E-state index in [4.69, 9.17) is 0 Å². The third-order valence-corrected chi connectivity index (χ3v) is 5.19. The average molecular weight is 263 g/mol. The van der Waals surface area contributed by atoms with Crippen molar-refractivity contribution in [3.8, 4) is 6.07 Å². The summed E-state index contributed by atoms with van der Waals surface area (Å²) >= 11 is 0. The highest BCUT2D eigenvalue weighted by molar-refractivity contribution is 5.13. The molecule has 1 aliphatic carbocycles. The fraction of sp³-hybridized carbons (Fsp3) is 0.938. The molecule has 2 rings (SSSR count). The van der Waals surface area contributed by atoms with Crippen molar-refractivity contribution in [1.29, 1.82) is 5.26 Å². The molecule has 1 saturated heterocycles. The van der Waals surface area contributed by atoms with Crippen molar-refractivity contribution >= 4 is 0 Å². The topological polar surface area (TPSA) is 39.1 Å². The molecule has 108 valence electrons. The number of likely N-dealkylation sites (tertiary alicyclic amines) is 1. The van der Waals surface area contributed by atoms with Gasteiger partial charge in [0.15, 0.2) is 0 Å². The lowest BCUT2D eigenvalue weighted by Gasteiger charge is -2.29. The van der Waals surface area contributed by atoms with Gasteiger partial charge in [0.25, 0.3) is 0 Å². The van der Waals surface area contributed by atoms with Gasteiger partial charge in [0.2, 0.25) is 0 Å². The minimum absolute atomic E-state index is 0.240. The molecule has 0 radical (unpaired) electrons. The highest BCUT2D eigenvalue weighted by Crippen LogP contribution is 2.34. The van der Waals surface area contributed by atoms with Gasteiger partial charge < -0.3 is 4.90 Å². The molecule has 3 atom stereocenters. The number of nitrogens with zero attached hydrogens (tertiary/aromatic N) is 2. The summed E-state index contributed by atoms with van der Waals surface area (Å²) in [5.41, 5.74) is -0.240. The Morgan fingerprint density at radius 3 is 2.79 bits per heavy atom. The van der Waals surface area contributed by atoms with Crippen molar-refractivity contribution in [1.82, 2.24) is 10.2 Å². The van der Waals surface area contributed by atoms with E-state index in [0.717, 1.165) is 25.3 Å². The summed E-state index contributed by atoms with van der Waals surface area (Å²) in [6.07, 6.45) is 8.67.